The summed E-state index contributed by atoms with van der Waals surface area (Å²) in [7, 11) is 0. The summed E-state index contributed by atoms with van der Waals surface area (Å²) in [6, 6.07) is -0.404. The van der Waals surface area contributed by atoms with Crippen molar-refractivity contribution in [2.24, 2.45) is 11.8 Å². The highest BCUT2D eigenvalue weighted by Crippen LogP contribution is 2.09. The lowest BCUT2D eigenvalue weighted by Gasteiger charge is -2.16. The second-order valence-electron chi connectivity index (χ2n) is 4.29. The summed E-state index contributed by atoms with van der Waals surface area (Å²) in [6.45, 7) is 4.00. The maximum absolute atomic E-state index is 11.4. The standard InChI is InChI=1S/C11H18N4O3/c1-7(2)8(10(16)17)5-14-11(18)15-6-9-12-3-4-13-9/h3-4,7-8H,5-6H2,1-2H3,(H,12,13)(H,16,17)(H2,14,15,18). The summed E-state index contributed by atoms with van der Waals surface area (Å²) in [5.41, 5.74) is 0. The summed E-state index contributed by atoms with van der Waals surface area (Å²) in [4.78, 5) is 29.1. The molecule has 18 heavy (non-hydrogen) atoms. The number of aromatic amines is 1. The number of H-pyrrole nitrogens is 1. The molecule has 1 atom stereocenters. The highest BCUT2D eigenvalue weighted by atomic mass is 16.4. The molecule has 0 aliphatic carbocycles. The molecule has 0 radical (unpaired) electrons. The van der Waals surface area contributed by atoms with Crippen LogP contribution < -0.4 is 10.6 Å². The fraction of sp³-hybridized carbons (Fsp3) is 0.545. The van der Waals surface area contributed by atoms with Crippen LogP contribution in [0, 0.1) is 11.8 Å². The number of hydrogen-bond acceptors (Lipinski definition) is 3. The van der Waals surface area contributed by atoms with Crippen LogP contribution in [0.1, 0.15) is 19.7 Å². The van der Waals surface area contributed by atoms with Gasteiger partial charge in [0.15, 0.2) is 0 Å². The third kappa shape index (κ3) is 4.44. The Morgan fingerprint density at radius 2 is 2.17 bits per heavy atom. The number of rotatable bonds is 6. The van der Waals surface area contributed by atoms with E-state index in [9.17, 15) is 9.59 Å². The van der Waals surface area contributed by atoms with Gasteiger partial charge in [-0.3, -0.25) is 4.79 Å². The predicted molar refractivity (Wildman–Crippen MR) is 64.8 cm³/mol. The van der Waals surface area contributed by atoms with E-state index in [1.165, 1.54) is 0 Å². The Labute approximate surface area is 105 Å². The third-order valence-electron chi connectivity index (χ3n) is 2.58. The van der Waals surface area contributed by atoms with Crippen LogP contribution in [0.25, 0.3) is 0 Å². The van der Waals surface area contributed by atoms with Gasteiger partial charge in [0.1, 0.15) is 5.82 Å². The fourth-order valence-corrected chi connectivity index (χ4v) is 1.43. The molecule has 7 nitrogen and oxygen atoms in total. The molecule has 7 heteroatoms. The van der Waals surface area contributed by atoms with Gasteiger partial charge in [-0.05, 0) is 5.92 Å². The number of carbonyl (C=O) groups excluding carboxylic acids is 1. The van der Waals surface area contributed by atoms with Gasteiger partial charge < -0.3 is 20.7 Å². The van der Waals surface area contributed by atoms with Crippen molar-refractivity contribution in [1.29, 1.82) is 0 Å². The Bertz CT molecular complexity index is 389. The lowest BCUT2D eigenvalue weighted by molar-refractivity contribution is -0.142. The molecule has 0 aromatic carbocycles. The molecule has 2 amide bonds. The number of imidazole rings is 1. The first-order chi connectivity index (χ1) is 8.50. The van der Waals surface area contributed by atoms with Crippen molar-refractivity contribution in [3.8, 4) is 0 Å². The van der Waals surface area contributed by atoms with Crippen molar-refractivity contribution < 1.29 is 14.7 Å². The monoisotopic (exact) mass is 254 g/mol. The van der Waals surface area contributed by atoms with E-state index in [2.05, 4.69) is 20.6 Å². The number of carboxylic acids is 1. The van der Waals surface area contributed by atoms with E-state index < -0.39 is 17.9 Å². The van der Waals surface area contributed by atoms with Crippen molar-refractivity contribution >= 4 is 12.0 Å². The average Bonchev–Trinajstić information content (AvgIpc) is 2.78. The molecule has 100 valence electrons. The van der Waals surface area contributed by atoms with E-state index >= 15 is 0 Å². The zero-order valence-corrected chi connectivity index (χ0v) is 10.4. The van der Waals surface area contributed by atoms with E-state index in [0.717, 1.165) is 0 Å². The van der Waals surface area contributed by atoms with Gasteiger partial charge >= 0.3 is 12.0 Å². The Kier molecular flexibility index (Phi) is 5.16. The normalized spacial score (nSPS) is 12.2. The van der Waals surface area contributed by atoms with Gasteiger partial charge in [0.2, 0.25) is 0 Å². The second-order valence-corrected chi connectivity index (χ2v) is 4.29. The zero-order chi connectivity index (χ0) is 13.5. The largest absolute Gasteiger partial charge is 0.481 e. The van der Waals surface area contributed by atoms with Crippen LogP contribution in [0.3, 0.4) is 0 Å². The molecule has 0 aliphatic heterocycles. The van der Waals surface area contributed by atoms with E-state index in [-0.39, 0.29) is 19.0 Å². The fourth-order valence-electron chi connectivity index (χ4n) is 1.43. The van der Waals surface area contributed by atoms with Crippen LogP contribution >= 0.6 is 0 Å². The Morgan fingerprint density at radius 3 is 2.67 bits per heavy atom. The molecule has 1 rings (SSSR count). The van der Waals surface area contributed by atoms with Crippen LogP contribution in [-0.2, 0) is 11.3 Å². The molecule has 0 fully saturated rings. The highest BCUT2D eigenvalue weighted by molar-refractivity contribution is 5.75. The van der Waals surface area contributed by atoms with Crippen LogP contribution in [0.2, 0.25) is 0 Å². The number of nitrogens with one attached hydrogen (secondary N) is 3. The number of aliphatic carboxylic acids is 1. The highest BCUT2D eigenvalue weighted by Gasteiger charge is 2.21. The summed E-state index contributed by atoms with van der Waals surface area (Å²) in [6.07, 6.45) is 3.25. The molecular weight excluding hydrogens is 236 g/mol. The summed E-state index contributed by atoms with van der Waals surface area (Å²) >= 11 is 0. The minimum atomic E-state index is -0.906. The number of hydrogen-bond donors (Lipinski definition) is 4. The SMILES string of the molecule is CC(C)C(CNC(=O)NCc1ncc[nH]1)C(=O)O. The van der Waals surface area contributed by atoms with Gasteiger partial charge in [0, 0.05) is 18.9 Å². The smallest absolute Gasteiger partial charge is 0.315 e. The van der Waals surface area contributed by atoms with Crippen LogP contribution in [0.5, 0.6) is 0 Å². The van der Waals surface area contributed by atoms with Crippen molar-refractivity contribution in [3.63, 3.8) is 0 Å². The number of carbonyl (C=O) groups is 2. The molecule has 1 aromatic heterocycles. The van der Waals surface area contributed by atoms with Gasteiger partial charge in [-0.1, -0.05) is 13.8 Å². The van der Waals surface area contributed by atoms with E-state index in [0.29, 0.717) is 5.82 Å². The minimum Gasteiger partial charge on any atom is -0.481 e. The molecule has 0 saturated carbocycles. The van der Waals surface area contributed by atoms with E-state index in [1.54, 1.807) is 26.2 Å². The molecule has 1 unspecified atom stereocenters. The first kappa shape index (κ1) is 14.0. The molecule has 0 saturated heterocycles. The van der Waals surface area contributed by atoms with Crippen molar-refractivity contribution in [3.05, 3.63) is 18.2 Å². The first-order valence-corrected chi connectivity index (χ1v) is 5.73. The zero-order valence-electron chi connectivity index (χ0n) is 10.4. The minimum absolute atomic E-state index is 0.0344. The number of urea groups is 1. The van der Waals surface area contributed by atoms with Crippen LogP contribution in [-0.4, -0.2) is 33.6 Å². The molecule has 1 heterocycles. The first-order valence-electron chi connectivity index (χ1n) is 5.73. The van der Waals surface area contributed by atoms with Crippen molar-refractivity contribution in [1.82, 2.24) is 20.6 Å². The van der Waals surface area contributed by atoms with Gasteiger partial charge in [-0.15, -0.1) is 0 Å². The van der Waals surface area contributed by atoms with Gasteiger partial charge in [0.05, 0.1) is 12.5 Å². The lowest BCUT2D eigenvalue weighted by atomic mass is 9.96. The van der Waals surface area contributed by atoms with E-state index in [1.807, 2.05) is 0 Å². The topological polar surface area (TPSA) is 107 Å². The molecular formula is C11H18N4O3. The van der Waals surface area contributed by atoms with Crippen LogP contribution in [0.4, 0.5) is 4.79 Å². The number of nitrogens with zero attached hydrogens (tertiary/aromatic N) is 1. The second kappa shape index (κ2) is 6.63. The van der Waals surface area contributed by atoms with Gasteiger partial charge in [0.25, 0.3) is 0 Å². The molecule has 4 N–H and O–H groups in total. The average molecular weight is 254 g/mol. The van der Waals surface area contributed by atoms with Crippen molar-refractivity contribution in [2.75, 3.05) is 6.54 Å². The molecule has 0 spiro atoms. The third-order valence-corrected chi connectivity index (χ3v) is 2.58. The Morgan fingerprint density at radius 1 is 1.44 bits per heavy atom. The molecule has 0 aliphatic rings. The number of aromatic nitrogens is 2. The number of amides is 2. The quantitative estimate of drug-likeness (QED) is 0.595. The maximum Gasteiger partial charge on any atom is 0.315 e. The van der Waals surface area contributed by atoms with Gasteiger partial charge in [-0.25, -0.2) is 9.78 Å². The summed E-state index contributed by atoms with van der Waals surface area (Å²) in [5, 5.41) is 14.1. The van der Waals surface area contributed by atoms with E-state index in [4.69, 9.17) is 5.11 Å². The predicted octanol–water partition coefficient (Wildman–Crippen LogP) is 0.566. The van der Waals surface area contributed by atoms with Crippen molar-refractivity contribution in [2.45, 2.75) is 20.4 Å². The summed E-state index contributed by atoms with van der Waals surface area (Å²) < 4.78 is 0. The Hall–Kier alpha value is -2.05. The molecule has 0 bridgehead atoms. The number of carboxylic acid groups (broad SMARTS) is 1. The maximum atomic E-state index is 11.4. The van der Waals surface area contributed by atoms with Gasteiger partial charge in [-0.2, -0.15) is 0 Å². The van der Waals surface area contributed by atoms with Crippen LogP contribution in [0.15, 0.2) is 12.4 Å². The lowest BCUT2D eigenvalue weighted by Crippen LogP contribution is -2.41. The molecule has 1 aromatic rings. The Balaban J connectivity index is 2.29. The summed E-state index contributed by atoms with van der Waals surface area (Å²) in [5.74, 6) is -0.882.